The standard InChI is InChI=1S/C11H16FN3O3S/c1-15(2)19(17,18)6-5-14-11(16)9-4-3-8(12)7-10(9)13/h3-4,7H,5-6,13H2,1-2H3,(H,14,16). The zero-order valence-corrected chi connectivity index (χ0v) is 11.5. The zero-order chi connectivity index (χ0) is 14.6. The van der Waals surface area contributed by atoms with Crippen molar-refractivity contribution in [3.63, 3.8) is 0 Å². The van der Waals surface area contributed by atoms with E-state index in [2.05, 4.69) is 5.32 Å². The number of hydrogen-bond acceptors (Lipinski definition) is 4. The van der Waals surface area contributed by atoms with E-state index in [-0.39, 0.29) is 23.5 Å². The smallest absolute Gasteiger partial charge is 0.253 e. The molecule has 19 heavy (non-hydrogen) atoms. The SMILES string of the molecule is CN(C)S(=O)(=O)CCNC(=O)c1ccc(F)cc1N. The summed E-state index contributed by atoms with van der Waals surface area (Å²) in [7, 11) is -0.542. The van der Waals surface area contributed by atoms with Crippen LogP contribution in [0.25, 0.3) is 0 Å². The molecule has 0 spiro atoms. The zero-order valence-electron chi connectivity index (χ0n) is 10.7. The largest absolute Gasteiger partial charge is 0.398 e. The molecule has 1 rings (SSSR count). The first kappa shape index (κ1) is 15.4. The molecule has 1 amide bonds. The highest BCUT2D eigenvalue weighted by Gasteiger charge is 2.15. The predicted octanol–water partition coefficient (Wildman–Crippen LogP) is 0.0291. The van der Waals surface area contributed by atoms with Gasteiger partial charge >= 0.3 is 0 Å². The van der Waals surface area contributed by atoms with Gasteiger partial charge in [-0.2, -0.15) is 0 Å². The van der Waals surface area contributed by atoms with Crippen LogP contribution < -0.4 is 11.1 Å². The van der Waals surface area contributed by atoms with Gasteiger partial charge in [0.15, 0.2) is 0 Å². The van der Waals surface area contributed by atoms with Crippen LogP contribution in [0.5, 0.6) is 0 Å². The van der Waals surface area contributed by atoms with Crippen LogP contribution in [0.4, 0.5) is 10.1 Å². The summed E-state index contributed by atoms with van der Waals surface area (Å²) < 4.78 is 36.8. The van der Waals surface area contributed by atoms with Crippen molar-refractivity contribution < 1.29 is 17.6 Å². The van der Waals surface area contributed by atoms with E-state index in [1.165, 1.54) is 20.2 Å². The summed E-state index contributed by atoms with van der Waals surface area (Å²) in [5, 5.41) is 2.42. The third-order valence-electron chi connectivity index (χ3n) is 2.46. The average molecular weight is 289 g/mol. The average Bonchev–Trinajstić information content (AvgIpc) is 2.28. The number of sulfonamides is 1. The fourth-order valence-corrected chi connectivity index (χ4v) is 2.04. The van der Waals surface area contributed by atoms with Crippen LogP contribution in [0.2, 0.25) is 0 Å². The monoisotopic (exact) mass is 289 g/mol. The van der Waals surface area contributed by atoms with Gasteiger partial charge in [-0.1, -0.05) is 0 Å². The van der Waals surface area contributed by atoms with Gasteiger partial charge in [0.05, 0.1) is 11.3 Å². The Morgan fingerprint density at radius 2 is 2.05 bits per heavy atom. The van der Waals surface area contributed by atoms with Crippen molar-refractivity contribution in [1.82, 2.24) is 9.62 Å². The Hall–Kier alpha value is -1.67. The molecular weight excluding hydrogens is 273 g/mol. The lowest BCUT2D eigenvalue weighted by Gasteiger charge is -2.12. The number of anilines is 1. The second-order valence-corrected chi connectivity index (χ2v) is 6.39. The van der Waals surface area contributed by atoms with E-state index in [0.29, 0.717) is 0 Å². The van der Waals surface area contributed by atoms with Crippen LogP contribution >= 0.6 is 0 Å². The molecule has 0 aliphatic heterocycles. The number of nitrogens with zero attached hydrogens (tertiary/aromatic N) is 1. The quantitative estimate of drug-likeness (QED) is 0.748. The summed E-state index contributed by atoms with van der Waals surface area (Å²) in [6.07, 6.45) is 0. The molecule has 1 aromatic rings. The summed E-state index contributed by atoms with van der Waals surface area (Å²) in [6.45, 7) is -0.0455. The second kappa shape index (κ2) is 5.98. The summed E-state index contributed by atoms with van der Waals surface area (Å²) in [5.41, 5.74) is 5.62. The molecule has 6 nitrogen and oxygen atoms in total. The van der Waals surface area contributed by atoms with Crippen molar-refractivity contribution in [2.24, 2.45) is 0 Å². The molecule has 0 aliphatic carbocycles. The molecule has 0 unspecified atom stereocenters. The van der Waals surface area contributed by atoms with Gasteiger partial charge in [0.2, 0.25) is 10.0 Å². The summed E-state index contributed by atoms with van der Waals surface area (Å²) in [5.74, 6) is -1.29. The summed E-state index contributed by atoms with van der Waals surface area (Å²) in [4.78, 5) is 11.7. The normalized spacial score (nSPS) is 11.6. The maximum Gasteiger partial charge on any atom is 0.253 e. The molecule has 0 fully saturated rings. The highest BCUT2D eigenvalue weighted by Crippen LogP contribution is 2.12. The molecule has 0 saturated heterocycles. The maximum absolute atomic E-state index is 12.8. The molecular formula is C11H16FN3O3S. The number of nitrogen functional groups attached to an aromatic ring is 1. The van der Waals surface area contributed by atoms with Crippen molar-refractivity contribution in [2.75, 3.05) is 32.1 Å². The topological polar surface area (TPSA) is 92.5 Å². The van der Waals surface area contributed by atoms with E-state index in [0.717, 1.165) is 16.4 Å². The molecule has 0 saturated carbocycles. The molecule has 0 heterocycles. The number of carbonyl (C=O) groups is 1. The van der Waals surface area contributed by atoms with Crippen LogP contribution in [-0.4, -0.2) is 45.0 Å². The minimum absolute atomic E-state index is 0.00738. The van der Waals surface area contributed by atoms with Crippen LogP contribution in [0.3, 0.4) is 0 Å². The molecule has 0 radical (unpaired) electrons. The van der Waals surface area contributed by atoms with Crippen LogP contribution in [0.1, 0.15) is 10.4 Å². The first-order chi connectivity index (χ1) is 8.74. The number of rotatable bonds is 5. The van der Waals surface area contributed by atoms with Crippen molar-refractivity contribution in [1.29, 1.82) is 0 Å². The van der Waals surface area contributed by atoms with Gasteiger partial charge in [-0.25, -0.2) is 17.1 Å². The Kier molecular flexibility index (Phi) is 4.84. The Bertz CT molecular complexity index is 573. The van der Waals surface area contributed by atoms with Crippen LogP contribution in [-0.2, 0) is 10.0 Å². The fraction of sp³-hybridized carbons (Fsp3) is 0.364. The molecule has 0 bridgehead atoms. The van der Waals surface area contributed by atoms with Crippen molar-refractivity contribution >= 4 is 21.6 Å². The number of carbonyl (C=O) groups excluding carboxylic acids is 1. The third-order valence-corrected chi connectivity index (χ3v) is 4.29. The molecule has 0 aliphatic rings. The van der Waals surface area contributed by atoms with Gasteiger partial charge in [-0.05, 0) is 18.2 Å². The number of hydrogen-bond donors (Lipinski definition) is 2. The van der Waals surface area contributed by atoms with Gasteiger partial charge in [-0.3, -0.25) is 4.79 Å². The van der Waals surface area contributed by atoms with Gasteiger partial charge in [0.25, 0.3) is 5.91 Å². The Labute approximate surface area is 111 Å². The Morgan fingerprint density at radius 1 is 1.42 bits per heavy atom. The fourth-order valence-electron chi connectivity index (χ4n) is 1.31. The lowest BCUT2D eigenvalue weighted by Crippen LogP contribution is -2.34. The van der Waals surface area contributed by atoms with E-state index in [1.807, 2.05) is 0 Å². The van der Waals surface area contributed by atoms with Gasteiger partial charge < -0.3 is 11.1 Å². The van der Waals surface area contributed by atoms with Gasteiger partial charge in [0.1, 0.15) is 5.82 Å². The third kappa shape index (κ3) is 4.18. The van der Waals surface area contributed by atoms with E-state index in [4.69, 9.17) is 5.73 Å². The van der Waals surface area contributed by atoms with Crippen LogP contribution in [0, 0.1) is 5.82 Å². The number of benzene rings is 1. The predicted molar refractivity (Wildman–Crippen MR) is 70.6 cm³/mol. The highest BCUT2D eigenvalue weighted by atomic mass is 32.2. The molecule has 3 N–H and O–H groups in total. The van der Waals surface area contributed by atoms with E-state index in [1.54, 1.807) is 0 Å². The number of nitrogens with one attached hydrogen (secondary N) is 1. The van der Waals surface area contributed by atoms with Gasteiger partial charge in [0, 0.05) is 26.3 Å². The highest BCUT2D eigenvalue weighted by molar-refractivity contribution is 7.89. The lowest BCUT2D eigenvalue weighted by atomic mass is 10.1. The van der Waals surface area contributed by atoms with E-state index < -0.39 is 21.7 Å². The van der Waals surface area contributed by atoms with Crippen molar-refractivity contribution in [2.45, 2.75) is 0 Å². The van der Waals surface area contributed by atoms with Gasteiger partial charge in [-0.15, -0.1) is 0 Å². The van der Waals surface area contributed by atoms with Crippen LogP contribution in [0.15, 0.2) is 18.2 Å². The molecule has 106 valence electrons. The number of amides is 1. The van der Waals surface area contributed by atoms with Crippen molar-refractivity contribution in [3.05, 3.63) is 29.6 Å². The Balaban J connectivity index is 2.62. The number of halogens is 1. The van der Waals surface area contributed by atoms with E-state index in [9.17, 15) is 17.6 Å². The molecule has 8 heteroatoms. The molecule has 1 aromatic carbocycles. The minimum atomic E-state index is -3.37. The Morgan fingerprint density at radius 3 is 2.58 bits per heavy atom. The lowest BCUT2D eigenvalue weighted by molar-refractivity contribution is 0.0957. The maximum atomic E-state index is 12.8. The summed E-state index contributed by atoms with van der Waals surface area (Å²) in [6, 6.07) is 3.40. The minimum Gasteiger partial charge on any atom is -0.398 e. The first-order valence-corrected chi connectivity index (χ1v) is 7.08. The number of nitrogens with two attached hydrogens (primary N) is 1. The summed E-state index contributed by atoms with van der Waals surface area (Å²) >= 11 is 0. The van der Waals surface area contributed by atoms with Crippen molar-refractivity contribution in [3.8, 4) is 0 Å². The molecule has 0 atom stereocenters. The first-order valence-electron chi connectivity index (χ1n) is 5.47. The van der Waals surface area contributed by atoms with E-state index >= 15 is 0 Å². The molecule has 0 aromatic heterocycles. The second-order valence-electron chi connectivity index (χ2n) is 4.09.